The summed E-state index contributed by atoms with van der Waals surface area (Å²) in [6.45, 7) is 0. The van der Waals surface area contributed by atoms with Crippen LogP contribution in [-0.4, -0.2) is 27.8 Å². The van der Waals surface area contributed by atoms with Gasteiger partial charge >= 0.3 is 5.97 Å². The molecule has 1 atom stereocenters. The predicted molar refractivity (Wildman–Crippen MR) is 150 cm³/mol. The number of carbonyl (C=O) groups is 3. The highest BCUT2D eigenvalue weighted by atomic mass is 35.5. The highest BCUT2D eigenvalue weighted by Gasteiger charge is 2.23. The van der Waals surface area contributed by atoms with E-state index in [2.05, 4.69) is 10.6 Å². The molecule has 0 saturated heterocycles. The van der Waals surface area contributed by atoms with Gasteiger partial charge in [-0.05, 0) is 48.0 Å². The number of carboxylic acids is 1. The highest BCUT2D eigenvalue weighted by molar-refractivity contribution is 8.00. The van der Waals surface area contributed by atoms with Gasteiger partial charge in [-0.2, -0.15) is 0 Å². The highest BCUT2D eigenvalue weighted by Crippen LogP contribution is 2.37. The standard InChI is InChI=1S/C28H20ClN3O6S/c29-24-13-12-20(16-23(24)28(35)36)31-27(34)25(17-6-2-1-3-7-17)39-22-11-5-9-19(15-22)30-26(33)18-8-4-10-21(14-18)32(37)38/h1-16,25H,(H,30,33)(H,31,34)(H,35,36). The number of carboxylic acid groups (broad SMARTS) is 1. The van der Waals surface area contributed by atoms with Gasteiger partial charge < -0.3 is 15.7 Å². The number of hydrogen-bond donors (Lipinski definition) is 3. The Morgan fingerprint density at radius 1 is 0.846 bits per heavy atom. The number of halogens is 1. The Hall–Kier alpha value is -4.67. The van der Waals surface area contributed by atoms with Crippen LogP contribution in [0.25, 0.3) is 0 Å². The quantitative estimate of drug-likeness (QED) is 0.118. The fourth-order valence-electron chi connectivity index (χ4n) is 3.62. The van der Waals surface area contributed by atoms with Crippen LogP contribution in [0.15, 0.2) is 102 Å². The first kappa shape index (κ1) is 27.4. The van der Waals surface area contributed by atoms with Gasteiger partial charge in [0.1, 0.15) is 5.25 Å². The average Bonchev–Trinajstić information content (AvgIpc) is 2.93. The van der Waals surface area contributed by atoms with Crippen LogP contribution in [0.4, 0.5) is 17.1 Å². The van der Waals surface area contributed by atoms with Crippen molar-refractivity contribution in [1.82, 2.24) is 0 Å². The number of non-ortho nitro benzene ring substituents is 1. The van der Waals surface area contributed by atoms with Crippen molar-refractivity contribution in [3.63, 3.8) is 0 Å². The van der Waals surface area contributed by atoms with Crippen LogP contribution in [0.2, 0.25) is 5.02 Å². The number of nitrogens with zero attached hydrogens (tertiary/aromatic N) is 1. The molecule has 0 aromatic heterocycles. The summed E-state index contributed by atoms with van der Waals surface area (Å²) in [6.07, 6.45) is 0. The molecule has 3 N–H and O–H groups in total. The maximum Gasteiger partial charge on any atom is 0.337 e. The molecule has 0 aliphatic carbocycles. The van der Waals surface area contributed by atoms with Gasteiger partial charge in [0.05, 0.1) is 15.5 Å². The minimum atomic E-state index is -1.21. The first-order valence-electron chi connectivity index (χ1n) is 11.4. The largest absolute Gasteiger partial charge is 0.478 e. The van der Waals surface area contributed by atoms with E-state index in [0.29, 0.717) is 16.1 Å². The van der Waals surface area contributed by atoms with E-state index in [0.717, 1.165) is 0 Å². The molecular formula is C28H20ClN3O6S. The first-order chi connectivity index (χ1) is 18.7. The lowest BCUT2D eigenvalue weighted by atomic mass is 10.1. The summed E-state index contributed by atoms with van der Waals surface area (Å²) < 4.78 is 0. The molecule has 0 saturated carbocycles. The lowest BCUT2D eigenvalue weighted by Crippen LogP contribution is -2.19. The number of hydrogen-bond acceptors (Lipinski definition) is 6. The number of thioether (sulfide) groups is 1. The summed E-state index contributed by atoms with van der Waals surface area (Å²) in [5, 5.41) is 25.2. The molecule has 0 bridgehead atoms. The average molecular weight is 562 g/mol. The van der Waals surface area contributed by atoms with E-state index in [1.54, 1.807) is 48.5 Å². The van der Waals surface area contributed by atoms with E-state index >= 15 is 0 Å². The van der Waals surface area contributed by atoms with Gasteiger partial charge in [-0.25, -0.2) is 4.79 Å². The minimum Gasteiger partial charge on any atom is -0.478 e. The Kier molecular flexibility index (Phi) is 8.60. The summed E-state index contributed by atoms with van der Waals surface area (Å²) in [7, 11) is 0. The third kappa shape index (κ3) is 7.01. The number of nitro groups is 1. The van der Waals surface area contributed by atoms with E-state index in [-0.39, 0.29) is 27.5 Å². The molecular weight excluding hydrogens is 542 g/mol. The van der Waals surface area contributed by atoms with Gasteiger partial charge in [0.15, 0.2) is 0 Å². The molecule has 0 aliphatic rings. The third-order valence-electron chi connectivity index (χ3n) is 5.47. The summed E-state index contributed by atoms with van der Waals surface area (Å²) in [5.41, 5.74) is 1.23. The van der Waals surface area contributed by atoms with Gasteiger partial charge in [-0.1, -0.05) is 54.1 Å². The van der Waals surface area contributed by atoms with Crippen molar-refractivity contribution in [2.75, 3.05) is 10.6 Å². The third-order valence-corrected chi connectivity index (χ3v) is 7.05. The van der Waals surface area contributed by atoms with Crippen molar-refractivity contribution in [1.29, 1.82) is 0 Å². The summed E-state index contributed by atoms with van der Waals surface area (Å²) in [4.78, 5) is 48.6. The number of aromatic carboxylic acids is 1. The minimum absolute atomic E-state index is 0.0541. The Morgan fingerprint density at radius 2 is 1.56 bits per heavy atom. The number of anilines is 2. The van der Waals surface area contributed by atoms with Crippen LogP contribution < -0.4 is 10.6 Å². The van der Waals surface area contributed by atoms with Crippen molar-refractivity contribution < 1.29 is 24.4 Å². The summed E-state index contributed by atoms with van der Waals surface area (Å²) in [5.74, 6) is -2.12. The lowest BCUT2D eigenvalue weighted by molar-refractivity contribution is -0.384. The number of nitro benzene ring substituents is 1. The molecule has 0 spiro atoms. The molecule has 39 heavy (non-hydrogen) atoms. The van der Waals surface area contributed by atoms with Crippen LogP contribution in [0.5, 0.6) is 0 Å². The zero-order valence-corrected chi connectivity index (χ0v) is 21.6. The second kappa shape index (κ2) is 12.2. The maximum absolute atomic E-state index is 13.4. The molecule has 9 nitrogen and oxygen atoms in total. The zero-order valence-electron chi connectivity index (χ0n) is 20.0. The molecule has 2 amide bonds. The van der Waals surface area contributed by atoms with Gasteiger partial charge in [-0.15, -0.1) is 11.8 Å². The summed E-state index contributed by atoms with van der Waals surface area (Å²) in [6, 6.07) is 25.5. The Labute approximate surface area is 232 Å². The fraction of sp³-hybridized carbons (Fsp3) is 0.0357. The predicted octanol–water partition coefficient (Wildman–Crippen LogP) is 6.67. The topological polar surface area (TPSA) is 139 Å². The molecule has 4 rings (SSSR count). The van der Waals surface area contributed by atoms with Crippen LogP contribution in [0.3, 0.4) is 0 Å². The second-order valence-electron chi connectivity index (χ2n) is 8.19. The smallest absolute Gasteiger partial charge is 0.337 e. The molecule has 4 aromatic rings. The van der Waals surface area contributed by atoms with E-state index in [4.69, 9.17) is 11.6 Å². The zero-order chi connectivity index (χ0) is 27.9. The van der Waals surface area contributed by atoms with Crippen LogP contribution in [0, 0.1) is 10.1 Å². The van der Waals surface area contributed by atoms with E-state index in [1.165, 1.54) is 54.2 Å². The Morgan fingerprint density at radius 3 is 2.28 bits per heavy atom. The second-order valence-corrected chi connectivity index (χ2v) is 9.77. The van der Waals surface area contributed by atoms with Gasteiger partial charge in [0, 0.05) is 34.0 Å². The van der Waals surface area contributed by atoms with Crippen molar-refractivity contribution in [2.45, 2.75) is 10.1 Å². The fourth-order valence-corrected chi connectivity index (χ4v) is 4.90. The van der Waals surface area contributed by atoms with Crippen molar-refractivity contribution in [2.24, 2.45) is 0 Å². The molecule has 4 aromatic carbocycles. The molecule has 0 aliphatic heterocycles. The lowest BCUT2D eigenvalue weighted by Gasteiger charge is -2.18. The van der Waals surface area contributed by atoms with Gasteiger partial charge in [0.2, 0.25) is 5.91 Å². The van der Waals surface area contributed by atoms with Crippen molar-refractivity contribution in [3.05, 3.63) is 129 Å². The van der Waals surface area contributed by atoms with Gasteiger partial charge in [-0.3, -0.25) is 19.7 Å². The Bertz CT molecular complexity index is 1560. The molecule has 0 heterocycles. The maximum atomic E-state index is 13.4. The first-order valence-corrected chi connectivity index (χ1v) is 12.7. The number of nitrogens with one attached hydrogen (secondary N) is 2. The van der Waals surface area contributed by atoms with E-state index < -0.39 is 28.0 Å². The van der Waals surface area contributed by atoms with Crippen LogP contribution in [0.1, 0.15) is 31.5 Å². The molecule has 11 heteroatoms. The molecule has 0 fully saturated rings. The SMILES string of the molecule is O=C(Nc1cccc(SC(C(=O)Nc2ccc(Cl)c(C(=O)O)c2)c2ccccc2)c1)c1cccc([N+](=O)[O-])c1. The Balaban J connectivity index is 1.55. The van der Waals surface area contributed by atoms with Crippen LogP contribution >= 0.6 is 23.4 Å². The summed E-state index contributed by atoms with van der Waals surface area (Å²) >= 11 is 7.18. The normalized spacial score (nSPS) is 11.3. The number of amides is 2. The van der Waals surface area contributed by atoms with Crippen LogP contribution in [-0.2, 0) is 4.79 Å². The molecule has 196 valence electrons. The number of carbonyl (C=O) groups excluding carboxylic acids is 2. The van der Waals surface area contributed by atoms with E-state index in [1.807, 2.05) is 6.07 Å². The monoisotopic (exact) mass is 561 g/mol. The molecule has 1 unspecified atom stereocenters. The van der Waals surface area contributed by atoms with Crippen molar-refractivity contribution in [3.8, 4) is 0 Å². The number of rotatable bonds is 9. The van der Waals surface area contributed by atoms with E-state index in [9.17, 15) is 29.6 Å². The van der Waals surface area contributed by atoms with Crippen molar-refractivity contribution >= 4 is 58.2 Å². The van der Waals surface area contributed by atoms with Gasteiger partial charge in [0.25, 0.3) is 11.6 Å². The number of benzene rings is 4. The molecule has 0 radical (unpaired) electrons.